The van der Waals surface area contributed by atoms with Crippen molar-refractivity contribution < 1.29 is 14.3 Å². The zero-order valence-corrected chi connectivity index (χ0v) is 15.4. The van der Waals surface area contributed by atoms with E-state index in [1.165, 1.54) is 4.68 Å². The van der Waals surface area contributed by atoms with Crippen LogP contribution in [0.1, 0.15) is 5.69 Å². The number of para-hydroxylation sites is 1. The Kier molecular flexibility index (Phi) is 5.30. The standard InChI is InChI=1S/C20H21N3O4/c1-14-19(20(25)23(22(14)2)15-8-5-4-6-9-15)21-18(24)13-27-17-11-7-10-16(12-17)26-3/h4-12H,13H2,1-3H3,(H,21,24). The van der Waals surface area contributed by atoms with Gasteiger partial charge in [0.25, 0.3) is 11.5 Å². The van der Waals surface area contributed by atoms with Crippen molar-refractivity contribution in [3.05, 3.63) is 70.6 Å². The first-order chi connectivity index (χ1) is 13.0. The van der Waals surface area contributed by atoms with E-state index < -0.39 is 5.91 Å². The number of anilines is 1. The van der Waals surface area contributed by atoms with Gasteiger partial charge in [-0.05, 0) is 31.2 Å². The summed E-state index contributed by atoms with van der Waals surface area (Å²) in [5.74, 6) is 0.734. The first-order valence-corrected chi connectivity index (χ1v) is 8.42. The fourth-order valence-corrected chi connectivity index (χ4v) is 2.73. The average molecular weight is 367 g/mol. The average Bonchev–Trinajstić information content (AvgIpc) is 2.90. The molecule has 3 rings (SSSR count). The number of ether oxygens (including phenoxy) is 2. The van der Waals surface area contributed by atoms with Crippen molar-refractivity contribution in [2.24, 2.45) is 7.05 Å². The third-order valence-corrected chi connectivity index (χ3v) is 4.23. The first kappa shape index (κ1) is 18.3. The number of nitrogens with zero attached hydrogens (tertiary/aromatic N) is 2. The maximum absolute atomic E-state index is 12.8. The summed E-state index contributed by atoms with van der Waals surface area (Å²) in [5.41, 5.74) is 1.32. The molecule has 0 unspecified atom stereocenters. The van der Waals surface area contributed by atoms with Crippen LogP contribution >= 0.6 is 0 Å². The Hall–Kier alpha value is -3.48. The molecule has 0 atom stereocenters. The van der Waals surface area contributed by atoms with Gasteiger partial charge < -0.3 is 14.8 Å². The van der Waals surface area contributed by atoms with E-state index in [0.717, 1.165) is 5.69 Å². The summed E-state index contributed by atoms with van der Waals surface area (Å²) in [6, 6.07) is 16.2. The lowest BCUT2D eigenvalue weighted by Crippen LogP contribution is -2.25. The number of amides is 1. The summed E-state index contributed by atoms with van der Waals surface area (Å²) in [6.45, 7) is 1.56. The number of benzene rings is 2. The molecular formula is C20H21N3O4. The molecule has 0 saturated heterocycles. The number of hydrogen-bond donors (Lipinski definition) is 1. The molecule has 0 bridgehead atoms. The molecule has 1 N–H and O–H groups in total. The molecule has 0 aliphatic carbocycles. The third kappa shape index (κ3) is 3.87. The van der Waals surface area contributed by atoms with Crippen molar-refractivity contribution in [2.75, 3.05) is 19.0 Å². The molecule has 140 valence electrons. The highest BCUT2D eigenvalue weighted by molar-refractivity contribution is 5.92. The molecule has 3 aromatic rings. The van der Waals surface area contributed by atoms with Gasteiger partial charge in [-0.3, -0.25) is 14.3 Å². The fraction of sp³-hybridized carbons (Fsp3) is 0.200. The van der Waals surface area contributed by atoms with E-state index in [1.54, 1.807) is 50.0 Å². The van der Waals surface area contributed by atoms with E-state index in [4.69, 9.17) is 9.47 Å². The Bertz CT molecular complexity index is 1010. The number of aromatic nitrogens is 2. The van der Waals surface area contributed by atoms with E-state index in [1.807, 2.05) is 30.3 Å². The molecule has 1 aromatic heterocycles. The van der Waals surface area contributed by atoms with Crippen molar-refractivity contribution in [1.29, 1.82) is 0 Å². The lowest BCUT2D eigenvalue weighted by Gasteiger charge is -2.08. The quantitative estimate of drug-likeness (QED) is 0.726. The summed E-state index contributed by atoms with van der Waals surface area (Å²) >= 11 is 0. The highest BCUT2D eigenvalue weighted by atomic mass is 16.5. The fourth-order valence-electron chi connectivity index (χ4n) is 2.73. The van der Waals surface area contributed by atoms with Crippen LogP contribution < -0.4 is 20.3 Å². The highest BCUT2D eigenvalue weighted by Crippen LogP contribution is 2.19. The van der Waals surface area contributed by atoms with Crippen molar-refractivity contribution >= 4 is 11.6 Å². The van der Waals surface area contributed by atoms with Crippen LogP contribution in [0, 0.1) is 6.92 Å². The van der Waals surface area contributed by atoms with Gasteiger partial charge in [-0.1, -0.05) is 24.3 Å². The Balaban J connectivity index is 1.75. The minimum Gasteiger partial charge on any atom is -0.497 e. The van der Waals surface area contributed by atoms with Crippen LogP contribution in [0.3, 0.4) is 0 Å². The second-order valence-electron chi connectivity index (χ2n) is 5.95. The largest absolute Gasteiger partial charge is 0.497 e. The first-order valence-electron chi connectivity index (χ1n) is 8.42. The number of rotatable bonds is 6. The monoisotopic (exact) mass is 367 g/mol. The van der Waals surface area contributed by atoms with Crippen molar-refractivity contribution in [3.63, 3.8) is 0 Å². The Morgan fingerprint density at radius 3 is 2.48 bits per heavy atom. The predicted octanol–water partition coefficient (Wildman–Crippen LogP) is 2.51. The number of hydrogen-bond acceptors (Lipinski definition) is 4. The molecule has 0 spiro atoms. The summed E-state index contributed by atoms with van der Waals surface area (Å²) in [7, 11) is 3.33. The molecule has 0 aliphatic heterocycles. The Morgan fingerprint density at radius 1 is 1.07 bits per heavy atom. The van der Waals surface area contributed by atoms with E-state index in [0.29, 0.717) is 17.2 Å². The lowest BCUT2D eigenvalue weighted by atomic mass is 10.3. The minimum atomic E-state index is -0.413. The second kappa shape index (κ2) is 7.82. The van der Waals surface area contributed by atoms with Gasteiger partial charge in [0.1, 0.15) is 17.2 Å². The van der Waals surface area contributed by atoms with Crippen LogP contribution in [0.4, 0.5) is 5.69 Å². The van der Waals surface area contributed by atoms with Gasteiger partial charge in [-0.15, -0.1) is 0 Å². The Labute approximate surface area is 156 Å². The Morgan fingerprint density at radius 2 is 1.78 bits per heavy atom. The molecule has 2 aromatic carbocycles. The van der Waals surface area contributed by atoms with E-state index in [-0.39, 0.29) is 17.9 Å². The normalized spacial score (nSPS) is 10.5. The van der Waals surface area contributed by atoms with Crippen molar-refractivity contribution in [1.82, 2.24) is 9.36 Å². The molecule has 0 radical (unpaired) electrons. The summed E-state index contributed by atoms with van der Waals surface area (Å²) < 4.78 is 13.8. The molecule has 0 saturated carbocycles. The maximum atomic E-state index is 12.8. The molecule has 0 aliphatic rings. The minimum absolute atomic E-state index is 0.216. The van der Waals surface area contributed by atoms with Gasteiger partial charge in [0, 0.05) is 13.1 Å². The SMILES string of the molecule is COc1cccc(OCC(=O)Nc2c(C)n(C)n(-c3ccccc3)c2=O)c1. The van der Waals surface area contributed by atoms with Crippen LogP contribution in [-0.4, -0.2) is 29.0 Å². The van der Waals surface area contributed by atoms with Gasteiger partial charge in [-0.2, -0.15) is 0 Å². The van der Waals surface area contributed by atoms with E-state index in [9.17, 15) is 9.59 Å². The van der Waals surface area contributed by atoms with Gasteiger partial charge in [0.15, 0.2) is 6.61 Å². The molecule has 0 fully saturated rings. The second-order valence-corrected chi connectivity index (χ2v) is 5.95. The summed E-state index contributed by atoms with van der Waals surface area (Å²) in [5, 5.41) is 2.66. The van der Waals surface area contributed by atoms with Crippen LogP contribution in [0.15, 0.2) is 59.4 Å². The molecule has 1 amide bonds. The zero-order valence-electron chi connectivity index (χ0n) is 15.4. The summed E-state index contributed by atoms with van der Waals surface area (Å²) in [6.07, 6.45) is 0. The highest BCUT2D eigenvalue weighted by Gasteiger charge is 2.18. The molecular weight excluding hydrogens is 346 g/mol. The maximum Gasteiger partial charge on any atom is 0.295 e. The van der Waals surface area contributed by atoms with Crippen LogP contribution in [0.2, 0.25) is 0 Å². The number of carbonyl (C=O) groups excluding carboxylic acids is 1. The predicted molar refractivity (Wildman–Crippen MR) is 103 cm³/mol. The van der Waals surface area contributed by atoms with Gasteiger partial charge in [0.2, 0.25) is 0 Å². The summed E-state index contributed by atoms with van der Waals surface area (Å²) in [4.78, 5) is 25.1. The van der Waals surface area contributed by atoms with Gasteiger partial charge in [0.05, 0.1) is 18.5 Å². The van der Waals surface area contributed by atoms with Gasteiger partial charge >= 0.3 is 0 Å². The van der Waals surface area contributed by atoms with Crippen molar-refractivity contribution in [2.45, 2.75) is 6.92 Å². The molecule has 7 heteroatoms. The van der Waals surface area contributed by atoms with E-state index >= 15 is 0 Å². The van der Waals surface area contributed by atoms with Crippen LogP contribution in [-0.2, 0) is 11.8 Å². The molecule has 7 nitrogen and oxygen atoms in total. The van der Waals surface area contributed by atoms with E-state index in [2.05, 4.69) is 5.32 Å². The lowest BCUT2D eigenvalue weighted by molar-refractivity contribution is -0.118. The number of carbonyl (C=O) groups is 1. The smallest absolute Gasteiger partial charge is 0.295 e. The van der Waals surface area contributed by atoms with Crippen LogP contribution in [0.5, 0.6) is 11.5 Å². The molecule has 27 heavy (non-hydrogen) atoms. The zero-order chi connectivity index (χ0) is 19.4. The third-order valence-electron chi connectivity index (χ3n) is 4.23. The van der Waals surface area contributed by atoms with Crippen LogP contribution in [0.25, 0.3) is 5.69 Å². The number of nitrogens with one attached hydrogen (secondary N) is 1. The molecule has 1 heterocycles. The van der Waals surface area contributed by atoms with Crippen molar-refractivity contribution in [3.8, 4) is 17.2 Å². The topological polar surface area (TPSA) is 74.5 Å². The van der Waals surface area contributed by atoms with Gasteiger partial charge in [-0.25, -0.2) is 4.68 Å². The number of methoxy groups -OCH3 is 1.